The maximum atomic E-state index is 11.7. The fourth-order valence-corrected chi connectivity index (χ4v) is 1.65. The minimum Gasteiger partial charge on any atom is -0.444 e. The predicted octanol–water partition coefficient (Wildman–Crippen LogP) is 1.67. The van der Waals surface area contributed by atoms with E-state index in [1.165, 1.54) is 0 Å². The Morgan fingerprint density at radius 3 is 2.06 bits per heavy atom. The molecule has 3 atom stereocenters. The summed E-state index contributed by atoms with van der Waals surface area (Å²) in [6.07, 6.45) is -1.73. The fourth-order valence-electron chi connectivity index (χ4n) is 1.65. The number of carbonyl (C=O) groups excluding carboxylic acids is 1. The van der Waals surface area contributed by atoms with Crippen molar-refractivity contribution in [3.8, 4) is 0 Å². The van der Waals surface area contributed by atoms with Crippen LogP contribution in [0.3, 0.4) is 0 Å². The minimum atomic E-state index is -0.794. The van der Waals surface area contributed by atoms with E-state index in [1.807, 2.05) is 13.8 Å². The summed E-state index contributed by atoms with van der Waals surface area (Å²) in [4.78, 5) is 11.7. The number of rotatable bonds is 5. The van der Waals surface area contributed by atoms with Crippen LogP contribution in [0, 0.1) is 5.92 Å². The molecule has 5 nitrogen and oxygen atoms in total. The van der Waals surface area contributed by atoms with Gasteiger partial charge in [-0.25, -0.2) is 4.79 Å². The van der Waals surface area contributed by atoms with Gasteiger partial charge in [0.25, 0.3) is 0 Å². The average Bonchev–Trinajstić information content (AvgIpc) is 2.09. The van der Waals surface area contributed by atoms with Crippen LogP contribution in [-0.4, -0.2) is 40.2 Å². The standard InChI is InChI=1S/C13H27NO4/c1-8(2)11(10(16)7-9(3)15)14-12(17)18-13(4,5)6/h8-11,15-16H,7H2,1-6H3,(H,14,17)/t9-,10+,11-/m1/s1. The van der Waals surface area contributed by atoms with E-state index in [2.05, 4.69) is 5.32 Å². The maximum Gasteiger partial charge on any atom is 0.407 e. The van der Waals surface area contributed by atoms with Crippen LogP contribution in [0.4, 0.5) is 4.79 Å². The molecule has 0 aromatic rings. The van der Waals surface area contributed by atoms with Crippen molar-refractivity contribution < 1.29 is 19.7 Å². The van der Waals surface area contributed by atoms with Gasteiger partial charge in [-0.05, 0) is 33.6 Å². The summed E-state index contributed by atoms with van der Waals surface area (Å²) in [7, 11) is 0. The number of aliphatic hydroxyl groups is 2. The molecule has 0 saturated heterocycles. The second-order valence-corrected chi connectivity index (χ2v) is 6.07. The topological polar surface area (TPSA) is 78.8 Å². The van der Waals surface area contributed by atoms with Gasteiger partial charge >= 0.3 is 6.09 Å². The summed E-state index contributed by atoms with van der Waals surface area (Å²) in [5, 5.41) is 21.9. The van der Waals surface area contributed by atoms with Crippen molar-refractivity contribution in [3.63, 3.8) is 0 Å². The quantitative estimate of drug-likeness (QED) is 0.703. The van der Waals surface area contributed by atoms with Crippen molar-refractivity contribution in [2.24, 2.45) is 5.92 Å². The van der Waals surface area contributed by atoms with E-state index in [4.69, 9.17) is 4.74 Å². The van der Waals surface area contributed by atoms with Crippen LogP contribution in [0.2, 0.25) is 0 Å². The molecule has 0 fully saturated rings. The highest BCUT2D eigenvalue weighted by Crippen LogP contribution is 2.13. The number of carbonyl (C=O) groups is 1. The number of hydrogen-bond acceptors (Lipinski definition) is 4. The van der Waals surface area contributed by atoms with Crippen LogP contribution in [0.5, 0.6) is 0 Å². The molecule has 0 heterocycles. The van der Waals surface area contributed by atoms with E-state index in [0.29, 0.717) is 0 Å². The first kappa shape index (κ1) is 17.2. The Balaban J connectivity index is 4.49. The minimum absolute atomic E-state index is 0.0475. The maximum absolute atomic E-state index is 11.7. The molecule has 0 aliphatic carbocycles. The Morgan fingerprint density at radius 2 is 1.72 bits per heavy atom. The van der Waals surface area contributed by atoms with E-state index >= 15 is 0 Å². The summed E-state index contributed by atoms with van der Waals surface area (Å²) < 4.78 is 5.15. The van der Waals surface area contributed by atoms with Gasteiger partial charge in [-0.1, -0.05) is 13.8 Å². The van der Waals surface area contributed by atoms with Gasteiger partial charge in [0, 0.05) is 6.42 Å². The largest absolute Gasteiger partial charge is 0.444 e. The third-order valence-electron chi connectivity index (χ3n) is 2.40. The molecule has 3 N–H and O–H groups in total. The fraction of sp³-hybridized carbons (Fsp3) is 0.923. The molecule has 0 rings (SSSR count). The molecule has 0 aliphatic heterocycles. The zero-order chi connectivity index (χ0) is 14.5. The highest BCUT2D eigenvalue weighted by atomic mass is 16.6. The van der Waals surface area contributed by atoms with Crippen molar-refractivity contribution in [1.29, 1.82) is 0 Å². The molecular weight excluding hydrogens is 234 g/mol. The molecular formula is C13H27NO4. The highest BCUT2D eigenvalue weighted by Gasteiger charge is 2.27. The summed E-state index contributed by atoms with van der Waals surface area (Å²) in [5.41, 5.74) is -0.569. The predicted molar refractivity (Wildman–Crippen MR) is 70.3 cm³/mol. The SMILES string of the molecule is CC(C)[C@@H](NC(=O)OC(C)(C)C)[C@@H](O)C[C@@H](C)O. The Bertz CT molecular complexity index is 258. The first-order valence-electron chi connectivity index (χ1n) is 6.38. The molecule has 0 spiro atoms. The highest BCUT2D eigenvalue weighted by molar-refractivity contribution is 5.68. The van der Waals surface area contributed by atoms with E-state index in [1.54, 1.807) is 27.7 Å². The number of ether oxygens (including phenoxy) is 1. The van der Waals surface area contributed by atoms with E-state index < -0.39 is 29.9 Å². The van der Waals surface area contributed by atoms with E-state index in [-0.39, 0.29) is 12.3 Å². The Labute approximate surface area is 110 Å². The van der Waals surface area contributed by atoms with Gasteiger partial charge in [0.1, 0.15) is 5.60 Å². The molecule has 5 heteroatoms. The lowest BCUT2D eigenvalue weighted by molar-refractivity contribution is 0.0256. The lowest BCUT2D eigenvalue weighted by Crippen LogP contribution is -2.49. The van der Waals surface area contributed by atoms with Gasteiger partial charge in [-0.2, -0.15) is 0 Å². The molecule has 0 radical (unpaired) electrons. The third-order valence-corrected chi connectivity index (χ3v) is 2.40. The lowest BCUT2D eigenvalue weighted by Gasteiger charge is -2.29. The second-order valence-electron chi connectivity index (χ2n) is 6.07. The van der Waals surface area contributed by atoms with E-state index in [0.717, 1.165) is 0 Å². The van der Waals surface area contributed by atoms with Gasteiger partial charge in [0.05, 0.1) is 18.2 Å². The van der Waals surface area contributed by atoms with Crippen LogP contribution in [-0.2, 0) is 4.74 Å². The molecule has 0 aromatic heterocycles. The van der Waals surface area contributed by atoms with Gasteiger partial charge in [0.15, 0.2) is 0 Å². The van der Waals surface area contributed by atoms with Crippen LogP contribution in [0.25, 0.3) is 0 Å². The Hall–Kier alpha value is -0.810. The van der Waals surface area contributed by atoms with Crippen molar-refractivity contribution in [2.45, 2.75) is 71.8 Å². The number of alkyl carbamates (subject to hydrolysis) is 1. The third kappa shape index (κ3) is 7.50. The van der Waals surface area contributed by atoms with Crippen molar-refractivity contribution >= 4 is 6.09 Å². The first-order valence-corrected chi connectivity index (χ1v) is 6.38. The summed E-state index contributed by atoms with van der Waals surface area (Å²) >= 11 is 0. The van der Waals surface area contributed by atoms with Crippen LogP contribution < -0.4 is 5.32 Å². The average molecular weight is 261 g/mol. The summed E-state index contributed by atoms with van der Waals surface area (Å²) in [5.74, 6) is 0.0475. The molecule has 0 saturated carbocycles. The van der Waals surface area contributed by atoms with Gasteiger partial charge in [-0.3, -0.25) is 0 Å². The summed E-state index contributed by atoms with van der Waals surface area (Å²) in [6.45, 7) is 10.7. The molecule has 0 unspecified atom stereocenters. The summed E-state index contributed by atoms with van der Waals surface area (Å²) in [6, 6.07) is -0.436. The van der Waals surface area contributed by atoms with Crippen molar-refractivity contribution in [3.05, 3.63) is 0 Å². The van der Waals surface area contributed by atoms with Crippen LogP contribution in [0.15, 0.2) is 0 Å². The number of hydrogen-bond donors (Lipinski definition) is 3. The molecule has 0 bridgehead atoms. The van der Waals surface area contributed by atoms with Gasteiger partial charge < -0.3 is 20.3 Å². The first-order chi connectivity index (χ1) is 8.03. The van der Waals surface area contributed by atoms with Crippen LogP contribution >= 0.6 is 0 Å². The lowest BCUT2D eigenvalue weighted by atomic mass is 9.95. The monoisotopic (exact) mass is 261 g/mol. The Morgan fingerprint density at radius 1 is 1.22 bits per heavy atom. The van der Waals surface area contributed by atoms with Crippen LogP contribution in [0.1, 0.15) is 48.0 Å². The zero-order valence-electron chi connectivity index (χ0n) is 12.2. The van der Waals surface area contributed by atoms with Gasteiger partial charge in [0.2, 0.25) is 0 Å². The number of amides is 1. The van der Waals surface area contributed by atoms with E-state index in [9.17, 15) is 15.0 Å². The molecule has 0 aromatic carbocycles. The zero-order valence-corrected chi connectivity index (χ0v) is 12.2. The van der Waals surface area contributed by atoms with Crippen molar-refractivity contribution in [1.82, 2.24) is 5.32 Å². The van der Waals surface area contributed by atoms with Gasteiger partial charge in [-0.15, -0.1) is 0 Å². The second kappa shape index (κ2) is 6.95. The molecule has 0 aliphatic rings. The number of aliphatic hydroxyl groups excluding tert-OH is 2. The smallest absolute Gasteiger partial charge is 0.407 e. The molecule has 1 amide bonds. The Kier molecular flexibility index (Phi) is 6.63. The number of nitrogens with one attached hydrogen (secondary N) is 1. The molecule has 108 valence electrons. The molecule has 18 heavy (non-hydrogen) atoms. The van der Waals surface area contributed by atoms with Crippen molar-refractivity contribution in [2.75, 3.05) is 0 Å². The normalized spacial score (nSPS) is 17.2.